The van der Waals surface area contributed by atoms with Crippen LogP contribution in [0.2, 0.25) is 0 Å². The number of aldehydes is 3. The number of fused-ring (bicyclic) bond motifs is 4. The highest BCUT2D eigenvalue weighted by atomic mass is 16.1. The molecule has 0 spiro atoms. The molecule has 3 heteroatoms. The summed E-state index contributed by atoms with van der Waals surface area (Å²) in [4.78, 5) is 30.1. The van der Waals surface area contributed by atoms with E-state index in [1.165, 1.54) is 44.6 Å². The van der Waals surface area contributed by atoms with Crippen LogP contribution in [0.3, 0.4) is 0 Å². The minimum atomic E-state index is 0.351. The molecule has 0 saturated heterocycles. The largest absolute Gasteiger partial charge is 0.303 e. The van der Waals surface area contributed by atoms with Crippen molar-refractivity contribution in [2.45, 2.75) is 51.4 Å². The molecule has 0 N–H and O–H groups in total. The van der Waals surface area contributed by atoms with Gasteiger partial charge in [0.15, 0.2) is 0 Å². The third-order valence-corrected chi connectivity index (χ3v) is 6.58. The van der Waals surface area contributed by atoms with Gasteiger partial charge < -0.3 is 9.59 Å². The Morgan fingerprint density at radius 2 is 1.10 bits per heavy atom. The second-order valence-electron chi connectivity index (χ2n) is 8.65. The Hall–Kier alpha value is -2.29. The van der Waals surface area contributed by atoms with Crippen LogP contribution in [0.4, 0.5) is 0 Å². The quantitative estimate of drug-likeness (QED) is 0.335. The van der Waals surface area contributed by atoms with Gasteiger partial charge in [0.2, 0.25) is 0 Å². The summed E-state index contributed by atoms with van der Waals surface area (Å²) < 4.78 is 0. The molecule has 2 saturated carbocycles. The van der Waals surface area contributed by atoms with Crippen molar-refractivity contribution >= 4 is 18.9 Å². The van der Waals surface area contributed by atoms with Crippen LogP contribution in [-0.4, -0.2) is 18.9 Å². The zero-order valence-electron chi connectivity index (χ0n) is 18.0. The van der Waals surface area contributed by atoms with E-state index in [0.717, 1.165) is 37.2 Å². The fourth-order valence-electron chi connectivity index (χ4n) is 4.81. The van der Waals surface area contributed by atoms with Crippen molar-refractivity contribution < 1.29 is 14.4 Å². The summed E-state index contributed by atoms with van der Waals surface area (Å²) in [5, 5.41) is 0. The number of hydrogen-bond donors (Lipinski definition) is 0. The van der Waals surface area contributed by atoms with Crippen LogP contribution >= 0.6 is 0 Å². The second kappa shape index (κ2) is 13.8. The zero-order valence-corrected chi connectivity index (χ0v) is 18.0. The smallest absolute Gasteiger partial charge is 0.142 e. The van der Waals surface area contributed by atoms with E-state index in [4.69, 9.17) is 4.79 Å². The van der Waals surface area contributed by atoms with Crippen LogP contribution in [0, 0.1) is 35.5 Å². The van der Waals surface area contributed by atoms with E-state index in [1.54, 1.807) is 0 Å². The Kier molecular flexibility index (Phi) is 11.1. The van der Waals surface area contributed by atoms with E-state index >= 15 is 0 Å². The highest BCUT2D eigenvalue weighted by molar-refractivity contribution is 5.63. The van der Waals surface area contributed by atoms with E-state index in [9.17, 15) is 9.59 Å². The molecule has 0 heterocycles. The van der Waals surface area contributed by atoms with Crippen molar-refractivity contribution in [3.63, 3.8) is 0 Å². The van der Waals surface area contributed by atoms with Gasteiger partial charge in [-0.15, -0.1) is 0 Å². The molecule has 0 aromatic carbocycles. The standard InChI is InChI=1S/2C9H12O.C6H8.C3H4O/c2*10-6-9-5-7-1-3-8(9)4-2-7;1-2-4-6-5-3-1;1-2-3-4/h2*1,3,6-9H,2,4-5H2;1-4H,5-6H2;2-3H,1H2. The highest BCUT2D eigenvalue weighted by Crippen LogP contribution is 2.39. The predicted octanol–water partition coefficient (Wildman–Crippen LogP) is 5.84. The van der Waals surface area contributed by atoms with E-state index in [0.29, 0.717) is 30.0 Å². The second-order valence-corrected chi connectivity index (χ2v) is 8.65. The normalized spacial score (nSPS) is 33.6. The predicted molar refractivity (Wildman–Crippen MR) is 123 cm³/mol. The van der Waals surface area contributed by atoms with Crippen LogP contribution in [0.1, 0.15) is 51.4 Å². The minimum absolute atomic E-state index is 0.351. The Morgan fingerprint density at radius 3 is 1.23 bits per heavy atom. The molecule has 4 bridgehead atoms. The first-order valence-electron chi connectivity index (χ1n) is 11.4. The Balaban J connectivity index is 0.000000151. The monoisotopic (exact) mass is 408 g/mol. The Labute approximate surface area is 181 Å². The van der Waals surface area contributed by atoms with Gasteiger partial charge in [-0.2, -0.15) is 0 Å². The van der Waals surface area contributed by atoms with E-state index < -0.39 is 0 Å². The van der Waals surface area contributed by atoms with Crippen molar-refractivity contribution in [2.24, 2.45) is 35.5 Å². The molecular formula is C27H36O3. The molecule has 3 nitrogen and oxygen atoms in total. The van der Waals surface area contributed by atoms with Gasteiger partial charge in [-0.1, -0.05) is 55.2 Å². The van der Waals surface area contributed by atoms with Crippen LogP contribution < -0.4 is 0 Å². The molecule has 7 rings (SSSR count). The Morgan fingerprint density at radius 1 is 0.667 bits per heavy atom. The third-order valence-electron chi connectivity index (χ3n) is 6.58. The van der Waals surface area contributed by atoms with E-state index in [1.807, 2.05) is 0 Å². The topological polar surface area (TPSA) is 51.2 Å². The summed E-state index contributed by atoms with van der Waals surface area (Å²) in [7, 11) is 0. The lowest BCUT2D eigenvalue weighted by molar-refractivity contribution is -0.114. The van der Waals surface area contributed by atoms with Crippen LogP contribution in [-0.2, 0) is 14.4 Å². The number of carbonyl (C=O) groups is 3. The molecule has 0 amide bonds. The van der Waals surface area contributed by atoms with Gasteiger partial charge in [0.25, 0.3) is 0 Å². The molecule has 162 valence electrons. The van der Waals surface area contributed by atoms with Gasteiger partial charge in [0.05, 0.1) is 0 Å². The van der Waals surface area contributed by atoms with Crippen LogP contribution in [0.25, 0.3) is 0 Å². The zero-order chi connectivity index (χ0) is 21.6. The van der Waals surface area contributed by atoms with Crippen molar-refractivity contribution in [2.75, 3.05) is 0 Å². The van der Waals surface area contributed by atoms with Crippen molar-refractivity contribution in [1.82, 2.24) is 0 Å². The number of carbonyl (C=O) groups excluding carboxylic acids is 3. The lowest BCUT2D eigenvalue weighted by Crippen LogP contribution is -2.27. The first-order valence-corrected chi connectivity index (χ1v) is 11.4. The highest BCUT2D eigenvalue weighted by Gasteiger charge is 2.31. The summed E-state index contributed by atoms with van der Waals surface area (Å²) in [5.74, 6) is 3.32. The minimum Gasteiger partial charge on any atom is -0.303 e. The van der Waals surface area contributed by atoms with E-state index in [2.05, 4.69) is 55.2 Å². The molecule has 2 fully saturated rings. The SMILES string of the molecule is C1=CCCC=C1.C=CC=O.O=CC1CC2C=CC1CC2.O=CC1CC2C=CC1CC2. The van der Waals surface area contributed by atoms with Gasteiger partial charge in [-0.05, 0) is 81.1 Å². The summed E-state index contributed by atoms with van der Waals surface area (Å²) in [6, 6.07) is 0. The van der Waals surface area contributed by atoms with Gasteiger partial charge >= 0.3 is 0 Å². The number of rotatable bonds is 3. The molecule has 7 aliphatic carbocycles. The maximum Gasteiger partial charge on any atom is 0.142 e. The van der Waals surface area contributed by atoms with E-state index in [-0.39, 0.29) is 0 Å². The number of hydrogen-bond acceptors (Lipinski definition) is 3. The molecule has 6 atom stereocenters. The van der Waals surface area contributed by atoms with Gasteiger partial charge in [-0.3, -0.25) is 4.79 Å². The first kappa shape index (κ1) is 24.0. The lowest BCUT2D eigenvalue weighted by atomic mass is 9.70. The summed E-state index contributed by atoms with van der Waals surface area (Å²) in [6.45, 7) is 3.11. The third kappa shape index (κ3) is 7.85. The molecular weight excluding hydrogens is 372 g/mol. The first-order chi connectivity index (χ1) is 14.7. The van der Waals surface area contributed by atoms with Crippen LogP contribution in [0.5, 0.6) is 0 Å². The molecule has 0 aromatic rings. The molecule has 7 aliphatic rings. The van der Waals surface area contributed by atoms with Gasteiger partial charge in [0, 0.05) is 11.8 Å². The molecule has 6 unspecified atom stereocenters. The fraction of sp³-hybridized carbons (Fsp3) is 0.519. The number of allylic oxidation sites excluding steroid dienone is 9. The fourth-order valence-corrected chi connectivity index (χ4v) is 4.81. The summed E-state index contributed by atoms with van der Waals surface area (Å²) in [6.07, 6.45) is 31.5. The molecule has 0 aromatic heterocycles. The molecule has 0 radical (unpaired) electrons. The van der Waals surface area contributed by atoms with Gasteiger partial charge in [-0.25, -0.2) is 0 Å². The summed E-state index contributed by atoms with van der Waals surface area (Å²) >= 11 is 0. The van der Waals surface area contributed by atoms with Crippen molar-refractivity contribution in [3.8, 4) is 0 Å². The summed E-state index contributed by atoms with van der Waals surface area (Å²) in [5.41, 5.74) is 0. The lowest BCUT2D eigenvalue weighted by Gasteiger charge is -2.34. The molecule has 0 aliphatic heterocycles. The maximum absolute atomic E-state index is 10.5. The average molecular weight is 409 g/mol. The van der Waals surface area contributed by atoms with Crippen molar-refractivity contribution in [1.29, 1.82) is 0 Å². The van der Waals surface area contributed by atoms with Gasteiger partial charge in [0.1, 0.15) is 18.9 Å². The van der Waals surface area contributed by atoms with Crippen molar-refractivity contribution in [3.05, 3.63) is 61.3 Å². The Bertz CT molecular complexity index is 612. The van der Waals surface area contributed by atoms with Crippen LogP contribution in [0.15, 0.2) is 61.3 Å². The maximum atomic E-state index is 10.5. The average Bonchev–Trinajstić information content (AvgIpc) is 2.87. The molecule has 30 heavy (non-hydrogen) atoms.